The molecule has 0 aliphatic heterocycles. The van der Waals surface area contributed by atoms with Crippen LogP contribution in [-0.4, -0.2) is 0 Å². The van der Waals surface area contributed by atoms with Crippen LogP contribution in [0.4, 0.5) is 17.1 Å². The molecule has 0 bridgehead atoms. The molecular formula is C37H41N. The first kappa shape index (κ1) is 28.5. The van der Waals surface area contributed by atoms with Gasteiger partial charge in [0.15, 0.2) is 0 Å². The summed E-state index contributed by atoms with van der Waals surface area (Å²) in [4.78, 5) is 2.35. The lowest BCUT2D eigenvalue weighted by molar-refractivity contribution is 1.09. The number of hydrogen-bond donors (Lipinski definition) is 0. The Morgan fingerprint density at radius 3 is 1.55 bits per heavy atom. The van der Waals surface area contributed by atoms with Crippen LogP contribution in [0.3, 0.4) is 0 Å². The van der Waals surface area contributed by atoms with E-state index in [1.165, 1.54) is 45.5 Å². The van der Waals surface area contributed by atoms with Gasteiger partial charge in [0.05, 0.1) is 0 Å². The number of benzene rings is 5. The van der Waals surface area contributed by atoms with E-state index < -0.39 is 0 Å². The fraction of sp³-hybridized carbons (Fsp3) is 0.189. The van der Waals surface area contributed by atoms with Gasteiger partial charge in [-0.3, -0.25) is 0 Å². The Hall–Kier alpha value is -4.10. The molecule has 5 rings (SSSR count). The molecule has 0 spiro atoms. The molecule has 194 valence electrons. The third-order valence-corrected chi connectivity index (χ3v) is 6.23. The van der Waals surface area contributed by atoms with E-state index in [0.29, 0.717) is 0 Å². The SMILES string of the molecule is CC.CCC.Cc1ccccc1-c1cccc(N(c2ccccc2)c2ccc(-c3ccccc3)cc2)c1C. The summed E-state index contributed by atoms with van der Waals surface area (Å²) in [5, 5.41) is 0. The second-order valence-corrected chi connectivity index (χ2v) is 9.06. The van der Waals surface area contributed by atoms with Gasteiger partial charge < -0.3 is 4.90 Å². The van der Waals surface area contributed by atoms with Crippen LogP contribution in [0.15, 0.2) is 127 Å². The average molecular weight is 500 g/mol. The maximum absolute atomic E-state index is 2.35. The van der Waals surface area contributed by atoms with Crippen LogP contribution in [0.25, 0.3) is 22.3 Å². The lowest BCUT2D eigenvalue weighted by Crippen LogP contribution is -2.11. The van der Waals surface area contributed by atoms with Gasteiger partial charge in [0, 0.05) is 17.1 Å². The van der Waals surface area contributed by atoms with Crippen molar-refractivity contribution in [3.05, 3.63) is 139 Å². The smallest absolute Gasteiger partial charge is 0.0496 e. The highest BCUT2D eigenvalue weighted by Crippen LogP contribution is 2.40. The van der Waals surface area contributed by atoms with Gasteiger partial charge in [0.1, 0.15) is 0 Å². The van der Waals surface area contributed by atoms with Crippen LogP contribution in [0, 0.1) is 13.8 Å². The first-order valence-corrected chi connectivity index (χ1v) is 13.8. The van der Waals surface area contributed by atoms with Gasteiger partial charge >= 0.3 is 0 Å². The molecule has 38 heavy (non-hydrogen) atoms. The molecule has 0 heterocycles. The van der Waals surface area contributed by atoms with E-state index in [1.54, 1.807) is 0 Å². The molecule has 1 heteroatoms. The van der Waals surface area contributed by atoms with E-state index in [4.69, 9.17) is 0 Å². The summed E-state index contributed by atoms with van der Waals surface area (Å²) >= 11 is 0. The summed E-state index contributed by atoms with van der Waals surface area (Å²) in [6.45, 7) is 12.7. The molecule has 0 saturated heterocycles. The summed E-state index contributed by atoms with van der Waals surface area (Å²) in [6, 6.07) is 45.2. The lowest BCUT2D eigenvalue weighted by atomic mass is 9.95. The van der Waals surface area contributed by atoms with E-state index in [-0.39, 0.29) is 0 Å². The third kappa shape index (κ3) is 6.81. The highest BCUT2D eigenvalue weighted by Gasteiger charge is 2.17. The number of para-hydroxylation sites is 1. The van der Waals surface area contributed by atoms with E-state index >= 15 is 0 Å². The second kappa shape index (κ2) is 14.6. The van der Waals surface area contributed by atoms with Crippen LogP contribution in [0.2, 0.25) is 0 Å². The number of rotatable bonds is 5. The van der Waals surface area contributed by atoms with E-state index in [9.17, 15) is 0 Å². The zero-order valence-corrected chi connectivity index (χ0v) is 23.8. The van der Waals surface area contributed by atoms with Crippen LogP contribution in [-0.2, 0) is 0 Å². The largest absolute Gasteiger partial charge is 0.310 e. The van der Waals surface area contributed by atoms with Crippen molar-refractivity contribution < 1.29 is 0 Å². The Bertz CT molecular complexity index is 1370. The van der Waals surface area contributed by atoms with Gasteiger partial charge in [0.25, 0.3) is 0 Å². The Balaban J connectivity index is 0.000000748. The molecule has 0 saturated carbocycles. The fourth-order valence-electron chi connectivity index (χ4n) is 4.47. The minimum Gasteiger partial charge on any atom is -0.310 e. The number of anilines is 3. The van der Waals surface area contributed by atoms with Crippen molar-refractivity contribution in [2.24, 2.45) is 0 Å². The monoisotopic (exact) mass is 499 g/mol. The van der Waals surface area contributed by atoms with Crippen molar-refractivity contribution in [3.63, 3.8) is 0 Å². The standard InChI is InChI=1S/C32H27N.C3H8.C2H6/c1-24-12-9-10-17-30(24)31-18-11-19-32(25(31)2)33(28-15-7-4-8-16-28)29-22-20-27(21-23-29)26-13-5-3-6-14-26;1-3-2;1-2/h3-23H,1-2H3;3H2,1-2H3;1-2H3. The van der Waals surface area contributed by atoms with Gasteiger partial charge in [-0.15, -0.1) is 0 Å². The van der Waals surface area contributed by atoms with Crippen LogP contribution in [0.1, 0.15) is 45.2 Å². The van der Waals surface area contributed by atoms with Crippen molar-refractivity contribution in [2.75, 3.05) is 4.90 Å². The molecule has 0 unspecified atom stereocenters. The van der Waals surface area contributed by atoms with Crippen molar-refractivity contribution in [3.8, 4) is 22.3 Å². The van der Waals surface area contributed by atoms with Crippen molar-refractivity contribution in [1.82, 2.24) is 0 Å². The summed E-state index contributed by atoms with van der Waals surface area (Å²) in [6.07, 6.45) is 1.25. The molecule has 5 aromatic rings. The molecular weight excluding hydrogens is 458 g/mol. The molecule has 0 aliphatic carbocycles. The number of nitrogens with zero attached hydrogens (tertiary/aromatic N) is 1. The summed E-state index contributed by atoms with van der Waals surface area (Å²) in [5.41, 5.74) is 11.0. The molecule has 0 aliphatic rings. The summed E-state index contributed by atoms with van der Waals surface area (Å²) in [7, 11) is 0. The maximum Gasteiger partial charge on any atom is 0.0496 e. The quantitative estimate of drug-likeness (QED) is 0.232. The predicted molar refractivity (Wildman–Crippen MR) is 169 cm³/mol. The maximum atomic E-state index is 2.35. The van der Waals surface area contributed by atoms with Gasteiger partial charge in [-0.2, -0.15) is 0 Å². The predicted octanol–water partition coefficient (Wildman–Crippen LogP) is 11.5. The zero-order chi connectivity index (χ0) is 27.3. The minimum atomic E-state index is 1.14. The Morgan fingerprint density at radius 2 is 0.947 bits per heavy atom. The van der Waals surface area contributed by atoms with Gasteiger partial charge in [-0.25, -0.2) is 0 Å². The van der Waals surface area contributed by atoms with Crippen LogP contribution >= 0.6 is 0 Å². The highest BCUT2D eigenvalue weighted by atomic mass is 15.1. The van der Waals surface area contributed by atoms with Gasteiger partial charge in [-0.1, -0.05) is 131 Å². The first-order valence-electron chi connectivity index (χ1n) is 13.8. The molecule has 0 radical (unpaired) electrons. The number of hydrogen-bond acceptors (Lipinski definition) is 1. The number of aryl methyl sites for hydroxylation is 1. The summed E-state index contributed by atoms with van der Waals surface area (Å²) in [5.74, 6) is 0. The molecule has 0 N–H and O–H groups in total. The lowest BCUT2D eigenvalue weighted by Gasteiger charge is -2.28. The Morgan fingerprint density at radius 1 is 0.474 bits per heavy atom. The first-order chi connectivity index (χ1) is 18.6. The normalized spacial score (nSPS) is 9.95. The average Bonchev–Trinajstić information content (AvgIpc) is 2.97. The fourth-order valence-corrected chi connectivity index (χ4v) is 4.47. The van der Waals surface area contributed by atoms with E-state index in [1.807, 2.05) is 13.8 Å². The van der Waals surface area contributed by atoms with E-state index in [0.717, 1.165) is 11.4 Å². The van der Waals surface area contributed by atoms with Crippen LogP contribution in [0.5, 0.6) is 0 Å². The van der Waals surface area contributed by atoms with Gasteiger partial charge in [-0.05, 0) is 77.6 Å². The van der Waals surface area contributed by atoms with Crippen LogP contribution < -0.4 is 4.90 Å². The Labute approximate surface area is 230 Å². The molecule has 0 atom stereocenters. The molecule has 0 fully saturated rings. The molecule has 1 nitrogen and oxygen atoms in total. The van der Waals surface area contributed by atoms with Crippen molar-refractivity contribution >= 4 is 17.1 Å². The molecule has 0 amide bonds. The Kier molecular flexibility index (Phi) is 10.9. The topological polar surface area (TPSA) is 3.24 Å². The second-order valence-electron chi connectivity index (χ2n) is 9.06. The molecule has 0 aromatic heterocycles. The van der Waals surface area contributed by atoms with E-state index in [2.05, 4.69) is 160 Å². The zero-order valence-electron chi connectivity index (χ0n) is 23.8. The summed E-state index contributed by atoms with van der Waals surface area (Å²) < 4.78 is 0. The van der Waals surface area contributed by atoms with Crippen molar-refractivity contribution in [2.45, 2.75) is 48.0 Å². The minimum absolute atomic E-state index is 1.14. The third-order valence-electron chi connectivity index (χ3n) is 6.23. The molecule has 5 aromatic carbocycles. The van der Waals surface area contributed by atoms with Gasteiger partial charge in [0.2, 0.25) is 0 Å². The van der Waals surface area contributed by atoms with Crippen molar-refractivity contribution in [1.29, 1.82) is 0 Å². The highest BCUT2D eigenvalue weighted by molar-refractivity contribution is 5.84.